The van der Waals surface area contributed by atoms with E-state index in [9.17, 15) is 0 Å². The molecule has 5 nitrogen and oxygen atoms in total. The molecule has 5 heteroatoms. The lowest BCUT2D eigenvalue weighted by Crippen LogP contribution is -2.63. The van der Waals surface area contributed by atoms with Gasteiger partial charge in [0.15, 0.2) is 0 Å². The first kappa shape index (κ1) is 15.8. The molecule has 4 saturated heterocycles. The third-order valence-corrected chi connectivity index (χ3v) is 8.58. The van der Waals surface area contributed by atoms with Crippen LogP contribution in [0, 0.1) is 29.6 Å². The summed E-state index contributed by atoms with van der Waals surface area (Å²) in [5.41, 5.74) is 0. The number of piperidine rings is 2. The van der Waals surface area contributed by atoms with E-state index in [1.165, 1.54) is 45.2 Å². The Hall–Kier alpha value is -0.200. The minimum atomic E-state index is 0.355. The maximum atomic E-state index is 5.91. The quantitative estimate of drug-likeness (QED) is 0.671. The molecule has 0 radical (unpaired) electrons. The Bertz CT molecular complexity index is 530. The van der Waals surface area contributed by atoms with Gasteiger partial charge in [-0.3, -0.25) is 4.90 Å². The third-order valence-electron chi connectivity index (χ3n) is 8.58. The van der Waals surface area contributed by atoms with Crippen LogP contribution >= 0.6 is 0 Å². The predicted octanol–water partition coefficient (Wildman–Crippen LogP) is 2.25. The Labute approximate surface area is 150 Å². The van der Waals surface area contributed by atoms with Gasteiger partial charge in [-0.25, -0.2) is 0 Å². The van der Waals surface area contributed by atoms with Crippen molar-refractivity contribution in [2.45, 2.75) is 69.5 Å². The fraction of sp³-hybridized carbons (Fsp3) is 1.00. The molecular weight excluding hydrogens is 318 g/mol. The van der Waals surface area contributed by atoms with Gasteiger partial charge in [0.25, 0.3) is 0 Å². The van der Waals surface area contributed by atoms with E-state index in [2.05, 4.69) is 11.8 Å². The molecule has 140 valence electrons. The molecule has 0 amide bonds. The summed E-state index contributed by atoms with van der Waals surface area (Å²) in [6, 6.07) is 0.740. The summed E-state index contributed by atoms with van der Waals surface area (Å²) < 4.78 is 23.5. The van der Waals surface area contributed by atoms with Gasteiger partial charge in [-0.15, -0.1) is 0 Å². The van der Waals surface area contributed by atoms with Crippen molar-refractivity contribution in [3.8, 4) is 0 Å². The molecule has 0 N–H and O–H groups in total. The van der Waals surface area contributed by atoms with Crippen molar-refractivity contribution >= 4 is 0 Å². The Balaban J connectivity index is 1.25. The second-order valence-corrected chi connectivity index (χ2v) is 9.48. The fourth-order valence-electron chi connectivity index (χ4n) is 7.45. The van der Waals surface area contributed by atoms with Crippen LogP contribution in [0.2, 0.25) is 0 Å². The van der Waals surface area contributed by atoms with Crippen molar-refractivity contribution in [2.75, 3.05) is 26.7 Å². The van der Waals surface area contributed by atoms with E-state index >= 15 is 0 Å². The van der Waals surface area contributed by atoms with Crippen LogP contribution in [-0.4, -0.2) is 62.0 Å². The van der Waals surface area contributed by atoms with E-state index in [0.717, 1.165) is 35.6 Å². The SMILES string of the molecule is CC1C2CC3OCOC3CC2CN2CCC3CC4OCOC4CC3C12. The normalized spacial score (nSPS) is 58.0. The summed E-state index contributed by atoms with van der Waals surface area (Å²) in [6.45, 7) is 6.13. The summed E-state index contributed by atoms with van der Waals surface area (Å²) in [5, 5.41) is 0. The molecule has 0 aromatic rings. The van der Waals surface area contributed by atoms with Crippen molar-refractivity contribution < 1.29 is 18.9 Å². The van der Waals surface area contributed by atoms with Crippen molar-refractivity contribution in [1.29, 1.82) is 0 Å². The molecule has 0 aromatic heterocycles. The van der Waals surface area contributed by atoms with Gasteiger partial charge < -0.3 is 18.9 Å². The summed E-state index contributed by atoms with van der Waals surface area (Å²) in [4.78, 5) is 2.85. The zero-order valence-electron chi connectivity index (χ0n) is 15.2. The summed E-state index contributed by atoms with van der Waals surface area (Å²) in [5.74, 6) is 4.00. The molecule has 0 spiro atoms. The largest absolute Gasteiger partial charge is 0.349 e. The zero-order chi connectivity index (χ0) is 16.5. The maximum Gasteiger partial charge on any atom is 0.147 e. The van der Waals surface area contributed by atoms with Gasteiger partial charge in [-0.2, -0.15) is 0 Å². The lowest BCUT2D eigenvalue weighted by molar-refractivity contribution is -0.118. The Morgan fingerprint density at radius 3 is 2.04 bits per heavy atom. The van der Waals surface area contributed by atoms with Crippen molar-refractivity contribution in [1.82, 2.24) is 4.90 Å². The maximum absolute atomic E-state index is 5.91. The molecule has 6 aliphatic rings. The topological polar surface area (TPSA) is 40.2 Å². The van der Waals surface area contributed by atoms with Gasteiger partial charge in [0.05, 0.1) is 24.4 Å². The molecule has 10 atom stereocenters. The van der Waals surface area contributed by atoms with E-state index in [1.54, 1.807) is 0 Å². The standard InChI is InChI=1S/C20H31NO4/c1-11-14-6-18-17(23-10-24-18)5-13(14)8-21-3-2-12-4-16-19(25-9-22-16)7-15(12)20(11)21/h11-20H,2-10H2,1H3. The van der Waals surface area contributed by atoms with E-state index in [1.807, 2.05) is 0 Å². The van der Waals surface area contributed by atoms with Crippen molar-refractivity contribution in [2.24, 2.45) is 29.6 Å². The lowest BCUT2D eigenvalue weighted by Gasteiger charge is -2.59. The van der Waals surface area contributed by atoms with E-state index in [-0.39, 0.29) is 0 Å². The molecule has 10 unspecified atom stereocenters. The van der Waals surface area contributed by atoms with Crippen LogP contribution in [-0.2, 0) is 18.9 Å². The van der Waals surface area contributed by atoms with Gasteiger partial charge in [0.2, 0.25) is 0 Å². The molecule has 0 aromatic carbocycles. The number of fused-ring (bicyclic) bond motifs is 6. The number of ether oxygens (including phenoxy) is 4. The van der Waals surface area contributed by atoms with E-state index < -0.39 is 0 Å². The van der Waals surface area contributed by atoms with Gasteiger partial charge >= 0.3 is 0 Å². The number of hydrogen-bond donors (Lipinski definition) is 0. The van der Waals surface area contributed by atoms with Gasteiger partial charge in [-0.1, -0.05) is 6.92 Å². The molecule has 4 aliphatic heterocycles. The minimum Gasteiger partial charge on any atom is -0.349 e. The van der Waals surface area contributed by atoms with Crippen molar-refractivity contribution in [3.05, 3.63) is 0 Å². The van der Waals surface area contributed by atoms with Crippen LogP contribution in [0.15, 0.2) is 0 Å². The second kappa shape index (κ2) is 5.90. The van der Waals surface area contributed by atoms with Crippen LogP contribution in [0.1, 0.15) is 39.0 Å². The highest BCUT2D eigenvalue weighted by Gasteiger charge is 2.55. The Morgan fingerprint density at radius 2 is 1.32 bits per heavy atom. The minimum absolute atomic E-state index is 0.355. The highest BCUT2D eigenvalue weighted by Crippen LogP contribution is 2.52. The number of nitrogens with zero attached hydrogens (tertiary/aromatic N) is 1. The zero-order valence-corrected chi connectivity index (χ0v) is 15.2. The fourth-order valence-corrected chi connectivity index (χ4v) is 7.45. The van der Waals surface area contributed by atoms with E-state index in [4.69, 9.17) is 18.9 Å². The number of hydrogen-bond acceptors (Lipinski definition) is 5. The van der Waals surface area contributed by atoms with Crippen LogP contribution in [0.3, 0.4) is 0 Å². The highest BCUT2D eigenvalue weighted by atomic mass is 16.7. The highest BCUT2D eigenvalue weighted by molar-refractivity contribution is 5.06. The van der Waals surface area contributed by atoms with Crippen LogP contribution < -0.4 is 0 Å². The molecule has 2 aliphatic carbocycles. The van der Waals surface area contributed by atoms with Gasteiger partial charge in [-0.05, 0) is 68.2 Å². The lowest BCUT2D eigenvalue weighted by atomic mass is 9.58. The first-order valence-electron chi connectivity index (χ1n) is 10.5. The molecular formula is C20H31NO4. The third kappa shape index (κ3) is 2.39. The van der Waals surface area contributed by atoms with E-state index in [0.29, 0.717) is 38.0 Å². The molecule has 0 bridgehead atoms. The smallest absolute Gasteiger partial charge is 0.147 e. The first-order valence-corrected chi connectivity index (χ1v) is 10.5. The van der Waals surface area contributed by atoms with Gasteiger partial charge in [0, 0.05) is 12.6 Å². The van der Waals surface area contributed by atoms with Crippen molar-refractivity contribution in [3.63, 3.8) is 0 Å². The Kier molecular flexibility index (Phi) is 3.73. The Morgan fingerprint density at radius 1 is 0.720 bits per heavy atom. The average Bonchev–Trinajstić information content (AvgIpc) is 3.26. The monoisotopic (exact) mass is 349 g/mol. The van der Waals surface area contributed by atoms with Crippen LogP contribution in [0.5, 0.6) is 0 Å². The van der Waals surface area contributed by atoms with Crippen LogP contribution in [0.25, 0.3) is 0 Å². The summed E-state index contributed by atoms with van der Waals surface area (Å²) in [6.07, 6.45) is 7.66. The molecule has 2 saturated carbocycles. The second-order valence-electron chi connectivity index (χ2n) is 9.48. The van der Waals surface area contributed by atoms with Crippen LogP contribution in [0.4, 0.5) is 0 Å². The number of rotatable bonds is 0. The molecule has 4 heterocycles. The summed E-state index contributed by atoms with van der Waals surface area (Å²) >= 11 is 0. The average molecular weight is 349 g/mol. The molecule has 25 heavy (non-hydrogen) atoms. The van der Waals surface area contributed by atoms with Gasteiger partial charge in [0.1, 0.15) is 13.6 Å². The summed E-state index contributed by atoms with van der Waals surface area (Å²) in [7, 11) is 0. The predicted molar refractivity (Wildman–Crippen MR) is 90.8 cm³/mol. The molecule has 6 fully saturated rings. The first-order chi connectivity index (χ1) is 12.3. The molecule has 6 rings (SSSR count).